The number of urea groups is 1. The molecule has 0 aliphatic carbocycles. The van der Waals surface area contributed by atoms with Gasteiger partial charge in [-0.25, -0.2) is 9.59 Å². The number of carbonyl (C=O) groups excluding carboxylic acids is 3. The highest BCUT2D eigenvalue weighted by Crippen LogP contribution is 2.00. The van der Waals surface area contributed by atoms with E-state index in [4.69, 9.17) is 5.11 Å². The molecule has 20 heavy (non-hydrogen) atoms. The van der Waals surface area contributed by atoms with Crippen LogP contribution in [0.1, 0.15) is 13.8 Å². The van der Waals surface area contributed by atoms with E-state index in [0.717, 1.165) is 6.92 Å². The van der Waals surface area contributed by atoms with Crippen LogP contribution < -0.4 is 16.0 Å². The molecule has 0 aromatic heterocycles. The van der Waals surface area contributed by atoms with Crippen LogP contribution in [0.25, 0.3) is 0 Å². The van der Waals surface area contributed by atoms with E-state index in [0.29, 0.717) is 0 Å². The third-order valence-electron chi connectivity index (χ3n) is 2.23. The van der Waals surface area contributed by atoms with Gasteiger partial charge in [-0.2, -0.15) is 0 Å². The summed E-state index contributed by atoms with van der Waals surface area (Å²) in [6, 6.07) is -2.11. The summed E-state index contributed by atoms with van der Waals surface area (Å²) in [5.41, 5.74) is 0. The van der Waals surface area contributed by atoms with Crippen molar-refractivity contribution in [2.24, 2.45) is 0 Å². The first-order chi connectivity index (χ1) is 9.18. The van der Waals surface area contributed by atoms with Crippen molar-refractivity contribution in [3.05, 3.63) is 0 Å². The van der Waals surface area contributed by atoms with Gasteiger partial charge in [0, 0.05) is 24.8 Å². The summed E-state index contributed by atoms with van der Waals surface area (Å²) in [5, 5.41) is 14.0. The smallest absolute Gasteiger partial charge is 0.327 e. The van der Waals surface area contributed by atoms with E-state index in [2.05, 4.69) is 10.6 Å². The number of hydrogen-bond donors (Lipinski definition) is 4. The maximum absolute atomic E-state index is 11.9. The van der Waals surface area contributed by atoms with E-state index in [9.17, 15) is 23.4 Å². The second-order valence-corrected chi connectivity index (χ2v) is 5.65. The SMILES string of the molecule is CNC(=O)NC(=O)C(C)S(=O)CC(NC(C)=O)C(=O)O. The van der Waals surface area contributed by atoms with Crippen LogP contribution in [-0.2, 0) is 25.2 Å². The first-order valence-corrected chi connectivity index (χ1v) is 6.96. The molecule has 9 nitrogen and oxygen atoms in total. The Kier molecular flexibility index (Phi) is 7.44. The molecule has 0 aromatic carbocycles. The number of rotatable bonds is 6. The van der Waals surface area contributed by atoms with Crippen LogP contribution >= 0.6 is 0 Å². The van der Waals surface area contributed by atoms with Gasteiger partial charge in [0.15, 0.2) is 0 Å². The fourth-order valence-electron chi connectivity index (χ4n) is 1.12. The average molecular weight is 307 g/mol. The second-order valence-electron chi connectivity index (χ2n) is 3.85. The standard InChI is InChI=1S/C10H17N3O6S/c1-5(8(15)13-10(18)11-3)20(19)4-7(9(16)17)12-6(2)14/h5,7H,4H2,1-3H3,(H,12,14)(H,16,17)(H2,11,13,15,18). The maximum Gasteiger partial charge on any atom is 0.327 e. The molecule has 0 heterocycles. The zero-order chi connectivity index (χ0) is 15.9. The molecule has 10 heteroatoms. The van der Waals surface area contributed by atoms with E-state index in [1.54, 1.807) is 0 Å². The van der Waals surface area contributed by atoms with Crippen molar-refractivity contribution >= 4 is 34.6 Å². The molecular formula is C10H17N3O6S. The lowest BCUT2D eigenvalue weighted by atomic mass is 10.3. The molecule has 0 rings (SSSR count). The van der Waals surface area contributed by atoms with E-state index in [1.165, 1.54) is 14.0 Å². The quantitative estimate of drug-likeness (QED) is 0.454. The number of carboxylic acids is 1. The van der Waals surface area contributed by atoms with Crippen molar-refractivity contribution in [1.82, 2.24) is 16.0 Å². The van der Waals surface area contributed by atoms with E-state index < -0.39 is 51.7 Å². The van der Waals surface area contributed by atoms with E-state index in [-0.39, 0.29) is 0 Å². The van der Waals surface area contributed by atoms with Crippen LogP contribution in [0.15, 0.2) is 0 Å². The summed E-state index contributed by atoms with van der Waals surface area (Å²) in [5.74, 6) is -3.17. The first kappa shape index (κ1) is 18.0. The van der Waals surface area contributed by atoms with Crippen LogP contribution in [0.2, 0.25) is 0 Å². The zero-order valence-electron chi connectivity index (χ0n) is 11.3. The number of imide groups is 1. The number of carboxylic acid groups (broad SMARTS) is 1. The molecule has 0 fully saturated rings. The van der Waals surface area contributed by atoms with Crippen molar-refractivity contribution in [3.8, 4) is 0 Å². The van der Waals surface area contributed by atoms with Crippen LogP contribution in [0, 0.1) is 0 Å². The Morgan fingerprint density at radius 3 is 2.20 bits per heavy atom. The molecule has 4 amide bonds. The lowest BCUT2D eigenvalue weighted by Gasteiger charge is -2.16. The number of hydrogen-bond acceptors (Lipinski definition) is 5. The van der Waals surface area contributed by atoms with Crippen molar-refractivity contribution in [3.63, 3.8) is 0 Å². The molecule has 0 aliphatic rings. The Bertz CT molecular complexity index is 439. The zero-order valence-corrected chi connectivity index (χ0v) is 12.1. The van der Waals surface area contributed by atoms with Crippen molar-refractivity contribution < 1.29 is 28.5 Å². The Balaban J connectivity index is 4.63. The van der Waals surface area contributed by atoms with Crippen LogP contribution in [0.3, 0.4) is 0 Å². The molecule has 3 unspecified atom stereocenters. The largest absolute Gasteiger partial charge is 0.480 e. The highest BCUT2D eigenvalue weighted by molar-refractivity contribution is 7.86. The van der Waals surface area contributed by atoms with Gasteiger partial charge in [0.2, 0.25) is 11.8 Å². The van der Waals surface area contributed by atoms with Crippen molar-refractivity contribution in [2.45, 2.75) is 25.1 Å². The van der Waals surface area contributed by atoms with Gasteiger partial charge in [0.05, 0.1) is 5.75 Å². The van der Waals surface area contributed by atoms with Crippen LogP contribution in [0.5, 0.6) is 0 Å². The minimum atomic E-state index is -1.87. The normalized spacial score (nSPS) is 14.6. The van der Waals surface area contributed by atoms with Crippen LogP contribution in [-0.4, -0.2) is 57.2 Å². The molecule has 0 radical (unpaired) electrons. The van der Waals surface area contributed by atoms with E-state index in [1.807, 2.05) is 5.32 Å². The Morgan fingerprint density at radius 1 is 1.25 bits per heavy atom. The second kappa shape index (κ2) is 8.25. The predicted octanol–water partition coefficient (Wildman–Crippen LogP) is -1.83. The monoisotopic (exact) mass is 307 g/mol. The molecule has 0 saturated carbocycles. The average Bonchev–Trinajstić information content (AvgIpc) is 2.35. The molecule has 0 aromatic rings. The number of aliphatic carboxylic acids is 1. The van der Waals surface area contributed by atoms with Gasteiger partial charge in [-0.05, 0) is 6.92 Å². The molecule has 0 spiro atoms. The molecular weight excluding hydrogens is 290 g/mol. The van der Waals surface area contributed by atoms with Gasteiger partial charge in [-0.3, -0.25) is 19.1 Å². The highest BCUT2D eigenvalue weighted by Gasteiger charge is 2.27. The molecule has 114 valence electrons. The van der Waals surface area contributed by atoms with E-state index >= 15 is 0 Å². The highest BCUT2D eigenvalue weighted by atomic mass is 32.2. The number of amides is 4. The molecule has 0 bridgehead atoms. The summed E-state index contributed by atoms with van der Waals surface area (Å²) in [7, 11) is -0.561. The fraction of sp³-hybridized carbons (Fsp3) is 0.600. The van der Waals surface area contributed by atoms with Gasteiger partial charge in [0.1, 0.15) is 11.3 Å². The molecule has 0 saturated heterocycles. The number of nitrogens with one attached hydrogen (secondary N) is 3. The lowest BCUT2D eigenvalue weighted by molar-refractivity contribution is -0.140. The summed E-state index contributed by atoms with van der Waals surface area (Å²) in [6.07, 6.45) is 0. The van der Waals surface area contributed by atoms with Gasteiger partial charge >= 0.3 is 12.0 Å². The van der Waals surface area contributed by atoms with Gasteiger partial charge in [-0.15, -0.1) is 0 Å². The maximum atomic E-state index is 11.9. The Labute approximate surface area is 117 Å². The molecule has 4 N–H and O–H groups in total. The summed E-state index contributed by atoms with van der Waals surface area (Å²) in [4.78, 5) is 44.2. The third-order valence-corrected chi connectivity index (χ3v) is 3.90. The lowest BCUT2D eigenvalue weighted by Crippen LogP contribution is -2.48. The van der Waals surface area contributed by atoms with Crippen LogP contribution in [0.4, 0.5) is 4.79 Å². The molecule has 3 atom stereocenters. The third kappa shape index (κ3) is 6.27. The topological polar surface area (TPSA) is 142 Å². The predicted molar refractivity (Wildman–Crippen MR) is 70.3 cm³/mol. The Morgan fingerprint density at radius 2 is 1.80 bits per heavy atom. The summed E-state index contributed by atoms with van der Waals surface area (Å²) < 4.78 is 11.9. The van der Waals surface area contributed by atoms with Crippen molar-refractivity contribution in [1.29, 1.82) is 0 Å². The first-order valence-electron chi connectivity index (χ1n) is 5.58. The summed E-state index contributed by atoms with van der Waals surface area (Å²) in [6.45, 7) is 2.42. The minimum absolute atomic E-state index is 0.433. The fourth-order valence-corrected chi connectivity index (χ4v) is 2.26. The number of carbonyl (C=O) groups is 4. The summed E-state index contributed by atoms with van der Waals surface area (Å²) >= 11 is 0. The van der Waals surface area contributed by atoms with Gasteiger partial charge in [-0.1, -0.05) is 0 Å². The minimum Gasteiger partial charge on any atom is -0.480 e. The van der Waals surface area contributed by atoms with Gasteiger partial charge in [0.25, 0.3) is 0 Å². The van der Waals surface area contributed by atoms with Crippen molar-refractivity contribution in [2.75, 3.05) is 12.8 Å². The molecule has 0 aliphatic heterocycles. The van der Waals surface area contributed by atoms with Gasteiger partial charge < -0.3 is 15.7 Å². The Hall–Kier alpha value is -1.97.